The standard InChI is InChI=1S/C16H30N4.HI/c1-17-16(18-12-14-6-5-7-14)20-11-8-15(13-20)19-9-3-2-4-10-19;/h14-15H,2-13H2,1H3,(H,17,18);1H. The second kappa shape index (κ2) is 8.56. The maximum absolute atomic E-state index is 4.49. The summed E-state index contributed by atoms with van der Waals surface area (Å²) in [6.45, 7) is 6.09. The van der Waals surface area contributed by atoms with E-state index < -0.39 is 0 Å². The van der Waals surface area contributed by atoms with Crippen molar-refractivity contribution in [3.63, 3.8) is 0 Å². The number of hydrogen-bond donors (Lipinski definition) is 1. The SMILES string of the molecule is CN=C(NCC1CCC1)N1CCC(N2CCCCC2)C1.I. The summed E-state index contributed by atoms with van der Waals surface area (Å²) >= 11 is 0. The Morgan fingerprint density at radius 1 is 1.05 bits per heavy atom. The molecule has 2 aliphatic heterocycles. The Kier molecular flexibility index (Phi) is 7.05. The van der Waals surface area contributed by atoms with Gasteiger partial charge < -0.3 is 10.2 Å². The Morgan fingerprint density at radius 2 is 1.81 bits per heavy atom. The molecular formula is C16H31IN4. The maximum Gasteiger partial charge on any atom is 0.193 e. The summed E-state index contributed by atoms with van der Waals surface area (Å²) in [5.41, 5.74) is 0. The first-order chi connectivity index (χ1) is 9.86. The lowest BCUT2D eigenvalue weighted by Gasteiger charge is -2.33. The van der Waals surface area contributed by atoms with Crippen molar-refractivity contribution in [2.45, 2.75) is 51.0 Å². The van der Waals surface area contributed by atoms with Crippen molar-refractivity contribution in [3.8, 4) is 0 Å². The van der Waals surface area contributed by atoms with E-state index in [9.17, 15) is 0 Å². The molecule has 21 heavy (non-hydrogen) atoms. The molecular weight excluding hydrogens is 375 g/mol. The zero-order valence-corrected chi connectivity index (χ0v) is 15.7. The van der Waals surface area contributed by atoms with Gasteiger partial charge >= 0.3 is 0 Å². The second-order valence-corrected chi connectivity index (χ2v) is 6.71. The first kappa shape index (κ1) is 17.3. The lowest BCUT2D eigenvalue weighted by Crippen LogP contribution is -2.45. The average Bonchev–Trinajstić information content (AvgIpc) is 2.92. The molecule has 1 N–H and O–H groups in total. The van der Waals surface area contributed by atoms with Crippen molar-refractivity contribution in [2.75, 3.05) is 39.8 Å². The molecule has 1 atom stereocenters. The predicted molar refractivity (Wildman–Crippen MR) is 99.5 cm³/mol. The minimum atomic E-state index is 0. The highest BCUT2D eigenvalue weighted by Gasteiger charge is 2.30. The van der Waals surface area contributed by atoms with Crippen LogP contribution in [0.15, 0.2) is 4.99 Å². The van der Waals surface area contributed by atoms with E-state index in [0.717, 1.165) is 24.5 Å². The highest BCUT2D eigenvalue weighted by Crippen LogP contribution is 2.25. The Morgan fingerprint density at radius 3 is 2.43 bits per heavy atom. The van der Waals surface area contributed by atoms with E-state index in [-0.39, 0.29) is 24.0 Å². The lowest BCUT2D eigenvalue weighted by atomic mass is 9.85. The molecule has 3 rings (SSSR count). The highest BCUT2D eigenvalue weighted by molar-refractivity contribution is 14.0. The van der Waals surface area contributed by atoms with Crippen molar-refractivity contribution in [2.24, 2.45) is 10.9 Å². The Balaban J connectivity index is 0.00000161. The summed E-state index contributed by atoms with van der Waals surface area (Å²) < 4.78 is 0. The molecule has 122 valence electrons. The number of hydrogen-bond acceptors (Lipinski definition) is 2. The van der Waals surface area contributed by atoms with Gasteiger partial charge in [0.15, 0.2) is 5.96 Å². The van der Waals surface area contributed by atoms with Crippen LogP contribution in [0.25, 0.3) is 0 Å². The Bertz CT molecular complexity index is 337. The van der Waals surface area contributed by atoms with Crippen molar-refractivity contribution in [1.82, 2.24) is 15.1 Å². The first-order valence-electron chi connectivity index (χ1n) is 8.56. The van der Waals surface area contributed by atoms with Crippen LogP contribution in [0.1, 0.15) is 44.9 Å². The third-order valence-electron chi connectivity index (χ3n) is 5.36. The van der Waals surface area contributed by atoms with Gasteiger partial charge in [0.05, 0.1) is 0 Å². The van der Waals surface area contributed by atoms with Gasteiger partial charge in [-0.1, -0.05) is 12.8 Å². The highest BCUT2D eigenvalue weighted by atomic mass is 127. The fourth-order valence-corrected chi connectivity index (χ4v) is 3.78. The molecule has 5 heteroatoms. The predicted octanol–water partition coefficient (Wildman–Crippen LogP) is 2.54. The molecule has 3 aliphatic rings. The summed E-state index contributed by atoms with van der Waals surface area (Å²) in [6.07, 6.45) is 9.75. The Hall–Kier alpha value is -0.0400. The quantitative estimate of drug-likeness (QED) is 0.444. The summed E-state index contributed by atoms with van der Waals surface area (Å²) in [6, 6.07) is 0.762. The molecule has 0 bridgehead atoms. The maximum atomic E-state index is 4.49. The van der Waals surface area contributed by atoms with Crippen LogP contribution in [0.2, 0.25) is 0 Å². The number of nitrogens with one attached hydrogen (secondary N) is 1. The van der Waals surface area contributed by atoms with Gasteiger partial charge in [0.25, 0.3) is 0 Å². The molecule has 3 fully saturated rings. The number of aliphatic imine (C=N–C) groups is 1. The molecule has 2 heterocycles. The molecule has 2 saturated heterocycles. The monoisotopic (exact) mass is 406 g/mol. The number of halogens is 1. The van der Waals surface area contributed by atoms with Gasteiger partial charge in [-0.3, -0.25) is 9.89 Å². The van der Waals surface area contributed by atoms with Gasteiger partial charge in [-0.05, 0) is 51.1 Å². The summed E-state index contributed by atoms with van der Waals surface area (Å²) in [7, 11) is 1.93. The van der Waals surface area contributed by atoms with Gasteiger partial charge in [-0.15, -0.1) is 24.0 Å². The van der Waals surface area contributed by atoms with Crippen molar-refractivity contribution >= 4 is 29.9 Å². The number of nitrogens with zero attached hydrogens (tertiary/aromatic N) is 3. The van der Waals surface area contributed by atoms with E-state index in [2.05, 4.69) is 20.1 Å². The first-order valence-corrected chi connectivity index (χ1v) is 8.56. The molecule has 0 radical (unpaired) electrons. The van der Waals surface area contributed by atoms with Gasteiger partial charge in [-0.2, -0.15) is 0 Å². The summed E-state index contributed by atoms with van der Waals surface area (Å²) in [4.78, 5) is 9.67. The third-order valence-corrected chi connectivity index (χ3v) is 5.36. The molecule has 0 aromatic heterocycles. The molecule has 1 aliphatic carbocycles. The number of piperidine rings is 1. The van der Waals surface area contributed by atoms with E-state index in [1.54, 1.807) is 0 Å². The lowest BCUT2D eigenvalue weighted by molar-refractivity contribution is 0.168. The summed E-state index contributed by atoms with van der Waals surface area (Å²) in [5.74, 6) is 2.03. The zero-order valence-electron chi connectivity index (χ0n) is 13.4. The molecule has 4 nitrogen and oxygen atoms in total. The molecule has 0 spiro atoms. The fraction of sp³-hybridized carbons (Fsp3) is 0.938. The van der Waals surface area contributed by atoms with E-state index in [1.165, 1.54) is 71.1 Å². The van der Waals surface area contributed by atoms with E-state index in [1.807, 2.05) is 7.05 Å². The van der Waals surface area contributed by atoms with Crippen LogP contribution in [0.5, 0.6) is 0 Å². The van der Waals surface area contributed by atoms with Gasteiger partial charge in [0, 0.05) is 32.7 Å². The number of rotatable bonds is 3. The molecule has 1 unspecified atom stereocenters. The van der Waals surface area contributed by atoms with Gasteiger partial charge in [0.2, 0.25) is 0 Å². The van der Waals surface area contributed by atoms with Crippen LogP contribution in [0, 0.1) is 5.92 Å². The minimum Gasteiger partial charge on any atom is -0.356 e. The largest absolute Gasteiger partial charge is 0.356 e. The van der Waals surface area contributed by atoms with Crippen LogP contribution in [-0.2, 0) is 0 Å². The Labute approximate surface area is 146 Å². The second-order valence-electron chi connectivity index (χ2n) is 6.71. The minimum absolute atomic E-state index is 0. The van der Waals surface area contributed by atoms with E-state index >= 15 is 0 Å². The number of guanidine groups is 1. The molecule has 0 aromatic carbocycles. The molecule has 0 amide bonds. The van der Waals surface area contributed by atoms with Crippen molar-refractivity contribution in [1.29, 1.82) is 0 Å². The molecule has 1 saturated carbocycles. The topological polar surface area (TPSA) is 30.9 Å². The zero-order chi connectivity index (χ0) is 13.8. The van der Waals surface area contributed by atoms with Gasteiger partial charge in [0.1, 0.15) is 0 Å². The van der Waals surface area contributed by atoms with Crippen LogP contribution in [0.3, 0.4) is 0 Å². The van der Waals surface area contributed by atoms with Crippen molar-refractivity contribution in [3.05, 3.63) is 0 Å². The fourth-order valence-electron chi connectivity index (χ4n) is 3.78. The van der Waals surface area contributed by atoms with Gasteiger partial charge in [-0.25, -0.2) is 0 Å². The average molecular weight is 406 g/mol. The number of likely N-dealkylation sites (tertiary alicyclic amines) is 2. The summed E-state index contributed by atoms with van der Waals surface area (Å²) in [5, 5.41) is 3.59. The van der Waals surface area contributed by atoms with Crippen LogP contribution in [-0.4, -0.2) is 61.6 Å². The van der Waals surface area contributed by atoms with Crippen LogP contribution >= 0.6 is 24.0 Å². The van der Waals surface area contributed by atoms with Crippen LogP contribution < -0.4 is 5.32 Å². The van der Waals surface area contributed by atoms with E-state index in [0.29, 0.717) is 0 Å². The third kappa shape index (κ3) is 4.47. The normalized spacial score (nSPS) is 28.1. The van der Waals surface area contributed by atoms with E-state index in [4.69, 9.17) is 0 Å². The van der Waals surface area contributed by atoms with Crippen molar-refractivity contribution < 1.29 is 0 Å². The van der Waals surface area contributed by atoms with Crippen LogP contribution in [0.4, 0.5) is 0 Å². The molecule has 0 aromatic rings. The smallest absolute Gasteiger partial charge is 0.193 e.